The lowest BCUT2D eigenvalue weighted by Gasteiger charge is -2.43. The molecule has 0 saturated heterocycles. The minimum atomic E-state index is 0.167. The number of anilines is 1. The van der Waals surface area contributed by atoms with Crippen molar-refractivity contribution in [3.05, 3.63) is 41.0 Å². The molecule has 0 fully saturated rings. The molecule has 2 aliphatic heterocycles. The third-order valence-corrected chi connectivity index (χ3v) is 5.17. The normalized spacial score (nSPS) is 18.4. The van der Waals surface area contributed by atoms with Crippen molar-refractivity contribution in [2.45, 2.75) is 25.3 Å². The lowest BCUT2D eigenvalue weighted by Crippen LogP contribution is -2.38. The van der Waals surface area contributed by atoms with Crippen molar-refractivity contribution in [2.24, 2.45) is 0 Å². The lowest BCUT2D eigenvalue weighted by molar-refractivity contribution is 0.369. The molecule has 1 atom stereocenters. The smallest absolute Gasteiger partial charge is 0.160 e. The molecular formula is C19H21NO4. The maximum Gasteiger partial charge on any atom is 0.160 e. The van der Waals surface area contributed by atoms with Gasteiger partial charge in [0.25, 0.3) is 0 Å². The van der Waals surface area contributed by atoms with E-state index in [1.54, 1.807) is 20.3 Å². The fourth-order valence-corrected chi connectivity index (χ4v) is 4.00. The van der Waals surface area contributed by atoms with Crippen molar-refractivity contribution in [3.8, 4) is 23.0 Å². The van der Waals surface area contributed by atoms with Crippen molar-refractivity contribution in [2.75, 3.05) is 25.7 Å². The molecular weight excluding hydrogens is 306 g/mol. The summed E-state index contributed by atoms with van der Waals surface area (Å²) in [7, 11) is 3.14. The molecule has 2 heterocycles. The zero-order valence-corrected chi connectivity index (χ0v) is 13.9. The molecule has 0 spiro atoms. The van der Waals surface area contributed by atoms with Gasteiger partial charge >= 0.3 is 0 Å². The summed E-state index contributed by atoms with van der Waals surface area (Å²) in [5, 5.41) is 20.3. The first-order chi connectivity index (χ1) is 11.6. The van der Waals surface area contributed by atoms with Gasteiger partial charge in [0.2, 0.25) is 0 Å². The summed E-state index contributed by atoms with van der Waals surface area (Å²) < 4.78 is 10.5. The van der Waals surface area contributed by atoms with Gasteiger partial charge in [0, 0.05) is 18.3 Å². The first kappa shape index (κ1) is 15.0. The molecule has 24 heavy (non-hydrogen) atoms. The molecule has 0 aromatic heterocycles. The highest BCUT2D eigenvalue weighted by Gasteiger charge is 2.33. The van der Waals surface area contributed by atoms with E-state index in [1.807, 2.05) is 18.2 Å². The Morgan fingerprint density at radius 3 is 2.29 bits per heavy atom. The Morgan fingerprint density at radius 1 is 0.917 bits per heavy atom. The molecule has 5 heteroatoms. The lowest BCUT2D eigenvalue weighted by atomic mass is 9.84. The Bertz CT molecular complexity index is 735. The van der Waals surface area contributed by atoms with Crippen molar-refractivity contribution in [1.82, 2.24) is 0 Å². The molecule has 0 saturated carbocycles. The topological polar surface area (TPSA) is 62.2 Å². The number of nitrogens with zero attached hydrogens (tertiary/aromatic N) is 1. The van der Waals surface area contributed by atoms with Crippen LogP contribution in [0.15, 0.2) is 24.3 Å². The zero-order valence-electron chi connectivity index (χ0n) is 13.9. The first-order valence-electron chi connectivity index (χ1n) is 8.18. The number of aromatic hydroxyl groups is 2. The number of phenols is 2. The minimum absolute atomic E-state index is 0.167. The van der Waals surface area contributed by atoms with Crippen LogP contribution in [0, 0.1) is 0 Å². The molecule has 0 aliphatic carbocycles. The summed E-state index contributed by atoms with van der Waals surface area (Å²) in [6, 6.07) is 7.73. The number of ether oxygens (including phenoxy) is 2. The Morgan fingerprint density at radius 2 is 1.58 bits per heavy atom. The second-order valence-electron chi connectivity index (χ2n) is 6.37. The molecule has 2 aromatic rings. The number of fused-ring (bicyclic) bond motifs is 5. The summed E-state index contributed by atoms with van der Waals surface area (Å²) in [5.74, 6) is 1.40. The highest BCUT2D eigenvalue weighted by Crippen LogP contribution is 2.47. The second-order valence-corrected chi connectivity index (χ2v) is 6.37. The van der Waals surface area contributed by atoms with Crippen molar-refractivity contribution >= 4 is 5.69 Å². The molecule has 2 aliphatic rings. The van der Waals surface area contributed by atoms with Crippen LogP contribution in [0.4, 0.5) is 5.69 Å². The molecule has 2 N–H and O–H groups in total. The number of rotatable bonds is 2. The van der Waals surface area contributed by atoms with E-state index in [2.05, 4.69) is 4.90 Å². The summed E-state index contributed by atoms with van der Waals surface area (Å²) in [5.41, 5.74) is 4.64. The Balaban J connectivity index is 1.77. The quantitative estimate of drug-likeness (QED) is 0.887. The van der Waals surface area contributed by atoms with Crippen LogP contribution in [0.25, 0.3) is 0 Å². The largest absolute Gasteiger partial charge is 0.504 e. The van der Waals surface area contributed by atoms with Crippen LogP contribution in [-0.2, 0) is 12.8 Å². The Labute approximate surface area is 141 Å². The predicted octanol–water partition coefficient (Wildman–Crippen LogP) is 3.17. The highest BCUT2D eigenvalue weighted by molar-refractivity contribution is 5.66. The molecule has 1 unspecified atom stereocenters. The Hall–Kier alpha value is -2.56. The zero-order chi connectivity index (χ0) is 16.8. The first-order valence-corrected chi connectivity index (χ1v) is 8.18. The summed E-state index contributed by atoms with van der Waals surface area (Å²) >= 11 is 0. The van der Waals surface area contributed by atoms with Gasteiger partial charge < -0.3 is 24.6 Å². The maximum atomic E-state index is 10.2. The number of hydrogen-bond acceptors (Lipinski definition) is 5. The number of methoxy groups -OCH3 is 2. The van der Waals surface area contributed by atoms with E-state index >= 15 is 0 Å². The molecule has 0 radical (unpaired) electrons. The van der Waals surface area contributed by atoms with Gasteiger partial charge in [-0.2, -0.15) is 0 Å². The fourth-order valence-electron chi connectivity index (χ4n) is 4.00. The molecule has 126 valence electrons. The van der Waals surface area contributed by atoms with E-state index in [4.69, 9.17) is 9.47 Å². The minimum Gasteiger partial charge on any atom is -0.504 e. The van der Waals surface area contributed by atoms with Gasteiger partial charge in [0.15, 0.2) is 23.0 Å². The standard InChI is InChI=1S/C19H21NO4/c1-23-18-7-11-5-6-20-14(13(11)9-16(18)21)4-3-12-8-19(24-2)17(22)10-15(12)20/h7-10,14,21-22H,3-6H2,1-2H3. The average molecular weight is 327 g/mol. The number of phenolic OH excluding ortho intramolecular Hbond substituents is 2. The van der Waals surface area contributed by atoms with E-state index in [0.717, 1.165) is 37.1 Å². The highest BCUT2D eigenvalue weighted by atomic mass is 16.5. The predicted molar refractivity (Wildman–Crippen MR) is 91.4 cm³/mol. The van der Waals surface area contributed by atoms with Crippen LogP contribution in [0.1, 0.15) is 29.2 Å². The molecule has 0 bridgehead atoms. The molecule has 0 amide bonds. The third kappa shape index (κ3) is 2.15. The third-order valence-electron chi connectivity index (χ3n) is 5.17. The van der Waals surface area contributed by atoms with Gasteiger partial charge in [-0.05, 0) is 54.2 Å². The van der Waals surface area contributed by atoms with E-state index in [-0.39, 0.29) is 17.5 Å². The van der Waals surface area contributed by atoms with E-state index in [0.29, 0.717) is 11.5 Å². The van der Waals surface area contributed by atoms with Gasteiger partial charge in [-0.3, -0.25) is 0 Å². The van der Waals surface area contributed by atoms with Crippen LogP contribution in [0.2, 0.25) is 0 Å². The number of benzene rings is 2. The van der Waals surface area contributed by atoms with Gasteiger partial charge in [-0.1, -0.05) is 0 Å². The van der Waals surface area contributed by atoms with E-state index in [1.165, 1.54) is 11.1 Å². The van der Waals surface area contributed by atoms with Crippen LogP contribution in [0.3, 0.4) is 0 Å². The van der Waals surface area contributed by atoms with Gasteiger partial charge in [0.1, 0.15) is 0 Å². The van der Waals surface area contributed by atoms with Crippen LogP contribution < -0.4 is 14.4 Å². The van der Waals surface area contributed by atoms with Crippen molar-refractivity contribution in [1.29, 1.82) is 0 Å². The Kier molecular flexibility index (Phi) is 3.44. The van der Waals surface area contributed by atoms with Gasteiger partial charge in [-0.15, -0.1) is 0 Å². The molecule has 4 rings (SSSR count). The number of aryl methyl sites for hydroxylation is 1. The summed E-state index contributed by atoms with van der Waals surface area (Å²) in [6.07, 6.45) is 2.77. The van der Waals surface area contributed by atoms with Crippen molar-refractivity contribution in [3.63, 3.8) is 0 Å². The van der Waals surface area contributed by atoms with Gasteiger partial charge in [-0.25, -0.2) is 0 Å². The SMILES string of the molecule is COc1cc2c(cc1O)C1CCc3cc(OC)c(O)cc3N1CC2. The fraction of sp³-hybridized carbons (Fsp3) is 0.368. The van der Waals surface area contributed by atoms with Crippen LogP contribution >= 0.6 is 0 Å². The summed E-state index contributed by atoms with van der Waals surface area (Å²) in [4.78, 5) is 2.33. The number of hydrogen-bond donors (Lipinski definition) is 2. The maximum absolute atomic E-state index is 10.2. The molecule has 2 aromatic carbocycles. The van der Waals surface area contributed by atoms with E-state index in [9.17, 15) is 10.2 Å². The van der Waals surface area contributed by atoms with Crippen molar-refractivity contribution < 1.29 is 19.7 Å². The summed E-state index contributed by atoms with van der Waals surface area (Å²) in [6.45, 7) is 0.879. The van der Waals surface area contributed by atoms with Crippen LogP contribution in [-0.4, -0.2) is 31.0 Å². The van der Waals surface area contributed by atoms with E-state index < -0.39 is 0 Å². The van der Waals surface area contributed by atoms with Gasteiger partial charge in [0.05, 0.1) is 20.3 Å². The monoisotopic (exact) mass is 327 g/mol. The molecule has 5 nitrogen and oxygen atoms in total. The average Bonchev–Trinajstić information content (AvgIpc) is 2.60. The van der Waals surface area contributed by atoms with Crippen LogP contribution in [0.5, 0.6) is 23.0 Å². The second kappa shape index (κ2) is 5.51.